The van der Waals surface area contributed by atoms with Gasteiger partial charge in [-0.1, -0.05) is 41.9 Å². The van der Waals surface area contributed by atoms with Gasteiger partial charge in [0, 0.05) is 4.47 Å². The van der Waals surface area contributed by atoms with Crippen LogP contribution in [0, 0.1) is 11.8 Å². The van der Waals surface area contributed by atoms with Crippen LogP contribution in [-0.4, -0.2) is 20.8 Å². The molecule has 0 heterocycles. The minimum atomic E-state index is -3.46. The molecule has 1 unspecified atom stereocenters. The molecule has 2 N–H and O–H groups in total. The van der Waals surface area contributed by atoms with E-state index >= 15 is 0 Å². The third-order valence-corrected chi connectivity index (χ3v) is 4.26. The SMILES string of the molecule is CC(C)C(COCc1cccc(Br)c1)CS(N)(=O)=O. The van der Waals surface area contributed by atoms with Crippen LogP contribution in [0.2, 0.25) is 0 Å². The zero-order valence-corrected chi connectivity index (χ0v) is 13.6. The molecule has 1 aromatic carbocycles. The van der Waals surface area contributed by atoms with E-state index in [1.54, 1.807) is 0 Å². The molecule has 0 bridgehead atoms. The standard InChI is InChI=1S/C13H20BrNO3S/c1-10(2)12(9-19(15,16)17)8-18-7-11-4-3-5-13(14)6-11/h3-6,10,12H,7-9H2,1-2H3,(H2,15,16,17). The highest BCUT2D eigenvalue weighted by Gasteiger charge is 2.19. The summed E-state index contributed by atoms with van der Waals surface area (Å²) in [5, 5.41) is 5.09. The summed E-state index contributed by atoms with van der Waals surface area (Å²) in [6.07, 6.45) is 0. The Morgan fingerprint density at radius 3 is 2.58 bits per heavy atom. The molecule has 1 aromatic rings. The van der Waals surface area contributed by atoms with Gasteiger partial charge in [0.05, 0.1) is 19.0 Å². The molecule has 108 valence electrons. The summed E-state index contributed by atoms with van der Waals surface area (Å²) in [6, 6.07) is 7.83. The molecule has 19 heavy (non-hydrogen) atoms. The summed E-state index contributed by atoms with van der Waals surface area (Å²) < 4.78 is 28.9. The van der Waals surface area contributed by atoms with E-state index in [2.05, 4.69) is 15.9 Å². The van der Waals surface area contributed by atoms with Crippen LogP contribution < -0.4 is 5.14 Å². The number of nitrogens with two attached hydrogens (primary N) is 1. The molecule has 4 nitrogen and oxygen atoms in total. The molecule has 1 rings (SSSR count). The van der Waals surface area contributed by atoms with E-state index in [-0.39, 0.29) is 17.6 Å². The van der Waals surface area contributed by atoms with Crippen molar-refractivity contribution >= 4 is 26.0 Å². The van der Waals surface area contributed by atoms with Gasteiger partial charge in [-0.2, -0.15) is 0 Å². The lowest BCUT2D eigenvalue weighted by atomic mass is 9.99. The monoisotopic (exact) mass is 349 g/mol. The van der Waals surface area contributed by atoms with Gasteiger partial charge < -0.3 is 4.74 Å². The number of ether oxygens (including phenoxy) is 1. The molecule has 0 aliphatic rings. The van der Waals surface area contributed by atoms with Gasteiger partial charge in [-0.15, -0.1) is 0 Å². The molecule has 0 saturated carbocycles. The predicted molar refractivity (Wildman–Crippen MR) is 80.1 cm³/mol. The first-order valence-electron chi connectivity index (χ1n) is 6.10. The average Bonchev–Trinajstić information content (AvgIpc) is 2.26. The van der Waals surface area contributed by atoms with E-state index in [1.807, 2.05) is 38.1 Å². The Labute approximate surface area is 123 Å². The van der Waals surface area contributed by atoms with E-state index < -0.39 is 10.0 Å². The average molecular weight is 350 g/mol. The fraction of sp³-hybridized carbons (Fsp3) is 0.538. The van der Waals surface area contributed by atoms with Crippen LogP contribution in [0.25, 0.3) is 0 Å². The molecule has 0 radical (unpaired) electrons. The molecule has 0 fully saturated rings. The molecule has 0 aliphatic carbocycles. The number of primary sulfonamides is 1. The Morgan fingerprint density at radius 1 is 1.37 bits per heavy atom. The van der Waals surface area contributed by atoms with Crippen molar-refractivity contribution in [2.75, 3.05) is 12.4 Å². The van der Waals surface area contributed by atoms with Crippen molar-refractivity contribution in [1.82, 2.24) is 0 Å². The second-order valence-electron chi connectivity index (χ2n) is 4.98. The molecule has 1 atom stereocenters. The first kappa shape index (κ1) is 16.6. The van der Waals surface area contributed by atoms with Gasteiger partial charge >= 0.3 is 0 Å². The maximum Gasteiger partial charge on any atom is 0.209 e. The normalized spacial score (nSPS) is 13.7. The predicted octanol–water partition coefficient (Wildman–Crippen LogP) is 2.53. The van der Waals surface area contributed by atoms with Gasteiger partial charge in [0.2, 0.25) is 10.0 Å². The van der Waals surface area contributed by atoms with Crippen LogP contribution in [0.15, 0.2) is 28.7 Å². The molecule has 0 spiro atoms. The van der Waals surface area contributed by atoms with Gasteiger partial charge in [0.15, 0.2) is 0 Å². The minimum Gasteiger partial charge on any atom is -0.376 e. The Balaban J connectivity index is 2.49. The molecule has 0 amide bonds. The quantitative estimate of drug-likeness (QED) is 0.822. The van der Waals surface area contributed by atoms with Crippen LogP contribution in [0.3, 0.4) is 0 Å². The third-order valence-electron chi connectivity index (χ3n) is 2.88. The second-order valence-corrected chi connectivity index (χ2v) is 7.55. The first-order valence-corrected chi connectivity index (χ1v) is 8.61. The number of halogens is 1. The number of rotatable bonds is 7. The molecule has 0 aliphatic heterocycles. The zero-order chi connectivity index (χ0) is 14.5. The Bertz CT molecular complexity index is 502. The van der Waals surface area contributed by atoms with E-state index in [1.165, 1.54) is 0 Å². The molecular formula is C13H20BrNO3S. The summed E-state index contributed by atoms with van der Waals surface area (Å²) in [4.78, 5) is 0. The Morgan fingerprint density at radius 2 is 2.05 bits per heavy atom. The number of hydrogen-bond acceptors (Lipinski definition) is 3. The van der Waals surface area contributed by atoms with Crippen molar-refractivity contribution in [3.63, 3.8) is 0 Å². The smallest absolute Gasteiger partial charge is 0.209 e. The highest BCUT2D eigenvalue weighted by molar-refractivity contribution is 9.10. The van der Waals surface area contributed by atoms with Crippen molar-refractivity contribution in [2.24, 2.45) is 17.0 Å². The number of hydrogen-bond donors (Lipinski definition) is 1. The summed E-state index contributed by atoms with van der Waals surface area (Å²) in [6.45, 7) is 4.80. The summed E-state index contributed by atoms with van der Waals surface area (Å²) >= 11 is 3.39. The van der Waals surface area contributed by atoms with Crippen LogP contribution >= 0.6 is 15.9 Å². The van der Waals surface area contributed by atoms with Gasteiger partial charge in [0.25, 0.3) is 0 Å². The first-order chi connectivity index (χ1) is 8.78. The van der Waals surface area contributed by atoms with E-state index in [0.29, 0.717) is 13.2 Å². The minimum absolute atomic E-state index is 0.0385. The van der Waals surface area contributed by atoms with Crippen molar-refractivity contribution < 1.29 is 13.2 Å². The van der Waals surface area contributed by atoms with Crippen LogP contribution in [0.4, 0.5) is 0 Å². The van der Waals surface area contributed by atoms with Gasteiger partial charge in [0.1, 0.15) is 0 Å². The Hall–Kier alpha value is -0.430. The van der Waals surface area contributed by atoms with Gasteiger partial charge in [-0.3, -0.25) is 0 Å². The lowest BCUT2D eigenvalue weighted by molar-refractivity contribution is 0.0790. The van der Waals surface area contributed by atoms with Crippen molar-refractivity contribution in [3.05, 3.63) is 34.3 Å². The number of sulfonamides is 1. The van der Waals surface area contributed by atoms with E-state index in [4.69, 9.17) is 9.88 Å². The fourth-order valence-electron chi connectivity index (χ4n) is 1.69. The molecule has 0 saturated heterocycles. The molecule has 6 heteroatoms. The van der Waals surface area contributed by atoms with Crippen molar-refractivity contribution in [2.45, 2.75) is 20.5 Å². The maximum atomic E-state index is 11.1. The van der Waals surface area contributed by atoms with Crippen molar-refractivity contribution in [1.29, 1.82) is 0 Å². The highest BCUT2D eigenvalue weighted by Crippen LogP contribution is 2.16. The lowest BCUT2D eigenvalue weighted by Gasteiger charge is -2.19. The summed E-state index contributed by atoms with van der Waals surface area (Å²) in [7, 11) is -3.46. The zero-order valence-electron chi connectivity index (χ0n) is 11.2. The Kier molecular flexibility index (Phi) is 6.46. The van der Waals surface area contributed by atoms with Crippen LogP contribution in [0.5, 0.6) is 0 Å². The topological polar surface area (TPSA) is 69.4 Å². The van der Waals surface area contributed by atoms with Crippen LogP contribution in [-0.2, 0) is 21.4 Å². The van der Waals surface area contributed by atoms with Gasteiger partial charge in [-0.05, 0) is 29.5 Å². The fourth-order valence-corrected chi connectivity index (χ4v) is 3.21. The lowest BCUT2D eigenvalue weighted by Crippen LogP contribution is -2.29. The van der Waals surface area contributed by atoms with Crippen molar-refractivity contribution in [3.8, 4) is 0 Å². The van der Waals surface area contributed by atoms with Crippen LogP contribution in [0.1, 0.15) is 19.4 Å². The summed E-state index contributed by atoms with van der Waals surface area (Å²) in [5.74, 6) is 0.0892. The van der Waals surface area contributed by atoms with E-state index in [9.17, 15) is 8.42 Å². The second kappa shape index (κ2) is 7.38. The molecule has 0 aromatic heterocycles. The van der Waals surface area contributed by atoms with Gasteiger partial charge in [-0.25, -0.2) is 13.6 Å². The largest absolute Gasteiger partial charge is 0.376 e. The third kappa shape index (κ3) is 7.06. The summed E-state index contributed by atoms with van der Waals surface area (Å²) in [5.41, 5.74) is 1.05. The van der Waals surface area contributed by atoms with E-state index in [0.717, 1.165) is 10.0 Å². The molecular weight excluding hydrogens is 330 g/mol. The number of benzene rings is 1. The maximum absolute atomic E-state index is 11.1. The highest BCUT2D eigenvalue weighted by atomic mass is 79.9.